The Morgan fingerprint density at radius 1 is 1.09 bits per heavy atom. The Kier molecular flexibility index (Phi) is 4.27. The molecule has 5 heteroatoms. The molecule has 0 saturated heterocycles. The molecule has 0 unspecified atom stereocenters. The minimum absolute atomic E-state index is 0.368. The topological polar surface area (TPSA) is 39.2 Å². The zero-order chi connectivity index (χ0) is 15.7. The molecule has 0 radical (unpaired) electrons. The number of carbonyl (C=O) groups excluding carboxylic acids is 1. The highest BCUT2D eigenvalue weighted by molar-refractivity contribution is 9.11. The Morgan fingerprint density at radius 3 is 2.50 bits per heavy atom. The molecule has 110 valence electrons. The summed E-state index contributed by atoms with van der Waals surface area (Å²) < 4.78 is 6.99. The number of hydrogen-bond acceptors (Lipinski definition) is 3. The number of fused-ring (bicyclic) bond motifs is 1. The summed E-state index contributed by atoms with van der Waals surface area (Å²) in [6.45, 7) is 1.39. The second kappa shape index (κ2) is 6.18. The van der Waals surface area contributed by atoms with E-state index < -0.39 is 0 Å². The van der Waals surface area contributed by atoms with Crippen molar-refractivity contribution < 1.29 is 9.53 Å². The lowest BCUT2D eigenvalue weighted by Crippen LogP contribution is -2.04. The third kappa shape index (κ3) is 2.91. The van der Waals surface area contributed by atoms with E-state index in [0.29, 0.717) is 10.2 Å². The van der Waals surface area contributed by atoms with E-state index in [4.69, 9.17) is 9.72 Å². The van der Waals surface area contributed by atoms with Crippen molar-refractivity contribution in [2.75, 3.05) is 0 Å². The third-order valence-electron chi connectivity index (χ3n) is 3.14. The van der Waals surface area contributed by atoms with Crippen molar-refractivity contribution in [2.45, 2.75) is 6.92 Å². The van der Waals surface area contributed by atoms with Crippen molar-refractivity contribution in [3.63, 3.8) is 0 Å². The molecule has 0 amide bonds. The van der Waals surface area contributed by atoms with Gasteiger partial charge < -0.3 is 4.74 Å². The molecule has 0 saturated carbocycles. The molecule has 0 fully saturated rings. The molecule has 1 aromatic heterocycles. The van der Waals surface area contributed by atoms with Crippen LogP contribution < -0.4 is 4.74 Å². The smallest absolute Gasteiger partial charge is 0.308 e. The Balaban J connectivity index is 2.33. The van der Waals surface area contributed by atoms with E-state index in [9.17, 15) is 4.79 Å². The summed E-state index contributed by atoms with van der Waals surface area (Å²) in [4.78, 5) is 16.2. The van der Waals surface area contributed by atoms with E-state index in [0.717, 1.165) is 26.6 Å². The van der Waals surface area contributed by atoms with Crippen LogP contribution in [0.1, 0.15) is 6.92 Å². The second-order valence-corrected chi connectivity index (χ2v) is 6.43. The Labute approximate surface area is 144 Å². The van der Waals surface area contributed by atoms with Crippen LogP contribution in [0.2, 0.25) is 0 Å². The number of benzene rings is 2. The number of carbonyl (C=O) groups is 1. The molecule has 0 bridgehead atoms. The van der Waals surface area contributed by atoms with Crippen LogP contribution in [0.15, 0.2) is 57.5 Å². The minimum Gasteiger partial charge on any atom is -0.425 e. The van der Waals surface area contributed by atoms with E-state index in [1.807, 2.05) is 48.5 Å². The predicted octanol–water partition coefficient (Wildman–Crippen LogP) is 5.35. The van der Waals surface area contributed by atoms with Gasteiger partial charge in [-0.3, -0.25) is 4.79 Å². The highest BCUT2D eigenvalue weighted by Gasteiger charge is 2.17. The fourth-order valence-electron chi connectivity index (χ4n) is 2.21. The van der Waals surface area contributed by atoms with Gasteiger partial charge in [0.1, 0.15) is 0 Å². The average Bonchev–Trinajstić information content (AvgIpc) is 2.51. The Bertz CT molecular complexity index is 863. The number of rotatable bonds is 2. The number of halogens is 2. The van der Waals surface area contributed by atoms with E-state index in [-0.39, 0.29) is 5.97 Å². The summed E-state index contributed by atoms with van der Waals surface area (Å²) >= 11 is 6.97. The standard InChI is InChI=1S/C17H11Br2NO2/c1-10(21)22-17-13-9-12(18)7-8-14(13)20-16(15(17)19)11-5-3-2-4-6-11/h2-9H,1H3. The van der Waals surface area contributed by atoms with Gasteiger partial charge in [0, 0.05) is 22.3 Å². The number of nitrogens with zero attached hydrogens (tertiary/aromatic N) is 1. The maximum absolute atomic E-state index is 11.5. The number of aromatic nitrogens is 1. The van der Waals surface area contributed by atoms with Crippen molar-refractivity contribution in [3.8, 4) is 17.0 Å². The molecule has 0 aliphatic rings. The SMILES string of the molecule is CC(=O)Oc1c(Br)c(-c2ccccc2)nc2ccc(Br)cc12. The van der Waals surface area contributed by atoms with Crippen LogP contribution in [0.3, 0.4) is 0 Å². The normalized spacial score (nSPS) is 10.7. The van der Waals surface area contributed by atoms with Crippen LogP contribution in [0.4, 0.5) is 0 Å². The van der Waals surface area contributed by atoms with Crippen LogP contribution in [0.5, 0.6) is 5.75 Å². The number of esters is 1. The average molecular weight is 421 g/mol. The molecule has 0 N–H and O–H groups in total. The number of ether oxygens (including phenoxy) is 1. The summed E-state index contributed by atoms with van der Waals surface area (Å²) in [6, 6.07) is 15.5. The second-order valence-electron chi connectivity index (χ2n) is 4.72. The monoisotopic (exact) mass is 419 g/mol. The van der Waals surface area contributed by atoms with Crippen molar-refractivity contribution >= 4 is 48.7 Å². The molecule has 0 spiro atoms. The number of hydrogen-bond donors (Lipinski definition) is 0. The molecule has 0 aliphatic carbocycles. The van der Waals surface area contributed by atoms with E-state index >= 15 is 0 Å². The predicted molar refractivity (Wildman–Crippen MR) is 93.9 cm³/mol. The summed E-state index contributed by atoms with van der Waals surface area (Å²) in [5.41, 5.74) is 2.46. The molecule has 2 aromatic carbocycles. The molecule has 3 aromatic rings. The Hall–Kier alpha value is -1.72. The lowest BCUT2D eigenvalue weighted by atomic mass is 10.1. The summed E-state index contributed by atoms with van der Waals surface area (Å²) in [5.74, 6) is 0.116. The largest absolute Gasteiger partial charge is 0.425 e. The van der Waals surface area contributed by atoms with Crippen molar-refractivity contribution in [3.05, 3.63) is 57.5 Å². The highest BCUT2D eigenvalue weighted by atomic mass is 79.9. The van der Waals surface area contributed by atoms with Crippen LogP contribution in [-0.4, -0.2) is 11.0 Å². The van der Waals surface area contributed by atoms with E-state index in [2.05, 4.69) is 31.9 Å². The molecule has 3 rings (SSSR count). The van der Waals surface area contributed by atoms with Gasteiger partial charge in [0.2, 0.25) is 0 Å². The highest BCUT2D eigenvalue weighted by Crippen LogP contribution is 2.40. The summed E-state index contributed by atoms with van der Waals surface area (Å²) in [5, 5.41) is 0.774. The van der Waals surface area contributed by atoms with Crippen LogP contribution in [0, 0.1) is 0 Å². The molecular formula is C17H11Br2NO2. The maximum Gasteiger partial charge on any atom is 0.308 e. The first-order chi connectivity index (χ1) is 10.6. The molecule has 0 atom stereocenters. The van der Waals surface area contributed by atoms with Gasteiger partial charge in [-0.15, -0.1) is 0 Å². The molecule has 22 heavy (non-hydrogen) atoms. The zero-order valence-electron chi connectivity index (χ0n) is 11.6. The van der Waals surface area contributed by atoms with Gasteiger partial charge in [0.05, 0.1) is 15.7 Å². The Morgan fingerprint density at radius 2 is 1.82 bits per heavy atom. The number of pyridine rings is 1. The van der Waals surface area contributed by atoms with Crippen LogP contribution in [0.25, 0.3) is 22.2 Å². The van der Waals surface area contributed by atoms with Gasteiger partial charge in [-0.25, -0.2) is 4.98 Å². The third-order valence-corrected chi connectivity index (χ3v) is 4.36. The van der Waals surface area contributed by atoms with Gasteiger partial charge in [0.25, 0.3) is 0 Å². The lowest BCUT2D eigenvalue weighted by Gasteiger charge is -2.13. The lowest BCUT2D eigenvalue weighted by molar-refractivity contribution is -0.131. The van der Waals surface area contributed by atoms with E-state index in [1.54, 1.807) is 0 Å². The summed E-state index contributed by atoms with van der Waals surface area (Å²) in [7, 11) is 0. The first kappa shape index (κ1) is 15.2. The van der Waals surface area contributed by atoms with Crippen molar-refractivity contribution in [1.82, 2.24) is 4.98 Å². The van der Waals surface area contributed by atoms with Gasteiger partial charge >= 0.3 is 5.97 Å². The van der Waals surface area contributed by atoms with E-state index in [1.165, 1.54) is 6.92 Å². The van der Waals surface area contributed by atoms with Gasteiger partial charge in [-0.2, -0.15) is 0 Å². The molecule has 1 heterocycles. The van der Waals surface area contributed by atoms with Gasteiger partial charge in [0.15, 0.2) is 5.75 Å². The van der Waals surface area contributed by atoms with Gasteiger partial charge in [-0.05, 0) is 34.1 Å². The van der Waals surface area contributed by atoms with Gasteiger partial charge in [-0.1, -0.05) is 46.3 Å². The fraction of sp³-hybridized carbons (Fsp3) is 0.0588. The molecule has 0 aliphatic heterocycles. The maximum atomic E-state index is 11.5. The molecular weight excluding hydrogens is 410 g/mol. The zero-order valence-corrected chi connectivity index (χ0v) is 14.8. The fourth-order valence-corrected chi connectivity index (χ4v) is 3.19. The minimum atomic E-state index is -0.368. The quantitative estimate of drug-likeness (QED) is 0.524. The molecule has 3 nitrogen and oxygen atoms in total. The summed E-state index contributed by atoms with van der Waals surface area (Å²) in [6.07, 6.45) is 0. The first-order valence-corrected chi connectivity index (χ1v) is 8.17. The van der Waals surface area contributed by atoms with Crippen LogP contribution in [-0.2, 0) is 4.79 Å². The van der Waals surface area contributed by atoms with Crippen molar-refractivity contribution in [1.29, 1.82) is 0 Å². The van der Waals surface area contributed by atoms with Crippen LogP contribution >= 0.6 is 31.9 Å². The first-order valence-electron chi connectivity index (χ1n) is 6.59. The van der Waals surface area contributed by atoms with Crippen molar-refractivity contribution in [2.24, 2.45) is 0 Å².